The van der Waals surface area contributed by atoms with E-state index in [-0.39, 0.29) is 29.4 Å². The summed E-state index contributed by atoms with van der Waals surface area (Å²) in [5.74, 6) is 0. The maximum absolute atomic E-state index is 7.57. The second-order valence-corrected chi connectivity index (χ2v) is 0.316. The zero-order chi connectivity index (χ0) is 2.71. The van der Waals surface area contributed by atoms with E-state index >= 15 is 0 Å². The zero-order valence-corrected chi connectivity index (χ0v) is 5.65. The zero-order valence-electron chi connectivity index (χ0n) is 3.65. The van der Waals surface area contributed by atoms with Crippen LogP contribution < -0.4 is 0 Å². The van der Waals surface area contributed by atoms with Crippen LogP contribution in [-0.2, 0) is 0 Å². The summed E-state index contributed by atoms with van der Waals surface area (Å²) in [6.45, 7) is 1.93. The van der Waals surface area contributed by atoms with Crippen LogP contribution in [0, 0.1) is 0 Å². The van der Waals surface area contributed by atoms with Crippen molar-refractivity contribution in [3.05, 3.63) is 0 Å². The molecular formula is C2H10AlO2. The van der Waals surface area contributed by atoms with Gasteiger partial charge in [-0.2, -0.15) is 0 Å². The van der Waals surface area contributed by atoms with Gasteiger partial charge >= 0.3 is 0 Å². The Kier molecular flexibility index (Phi) is 90.4. The molecule has 0 saturated heterocycles. The molecule has 3 heteroatoms. The molecule has 0 fully saturated rings. The molecule has 0 saturated carbocycles. The van der Waals surface area contributed by atoms with E-state index < -0.39 is 0 Å². The number of rotatable bonds is 0. The lowest BCUT2D eigenvalue weighted by Crippen LogP contribution is -1.57. The summed E-state index contributed by atoms with van der Waals surface area (Å²) < 4.78 is 0. The highest BCUT2D eigenvalue weighted by molar-refractivity contribution is 5.75. The van der Waals surface area contributed by atoms with Crippen LogP contribution in [0.15, 0.2) is 0 Å². The predicted molar refractivity (Wildman–Crippen MR) is 24.9 cm³/mol. The van der Waals surface area contributed by atoms with Gasteiger partial charge in [-0.1, -0.05) is 0 Å². The van der Waals surface area contributed by atoms with Crippen LogP contribution in [0.2, 0.25) is 0 Å². The van der Waals surface area contributed by atoms with Gasteiger partial charge in [0.25, 0.3) is 0 Å². The normalized spacial score (nSPS) is 3.60. The van der Waals surface area contributed by atoms with Gasteiger partial charge in [-0.3, -0.25) is 0 Å². The smallest absolute Gasteiger partial charge is 0.146 e. The Morgan fingerprint density at radius 2 is 1.60 bits per heavy atom. The second-order valence-electron chi connectivity index (χ2n) is 0.316. The van der Waals surface area contributed by atoms with Crippen molar-refractivity contribution in [2.24, 2.45) is 0 Å². The van der Waals surface area contributed by atoms with E-state index in [2.05, 4.69) is 0 Å². The fraction of sp³-hybridized carbons (Fsp3) is 1.00. The molecule has 0 amide bonds. The average molecular weight is 93.1 g/mol. The quantitative estimate of drug-likeness (QED) is 0.355. The van der Waals surface area contributed by atoms with Crippen LogP contribution in [0.1, 0.15) is 6.92 Å². The lowest BCUT2D eigenvalue weighted by molar-refractivity contribution is 0.318. The van der Waals surface area contributed by atoms with Crippen LogP contribution in [0.25, 0.3) is 0 Å². The highest BCUT2D eigenvalue weighted by atomic mass is 27.0. The third-order valence-electron chi connectivity index (χ3n) is 0. The van der Waals surface area contributed by atoms with E-state index in [1.165, 1.54) is 0 Å². The number of hydrogen-bond donors (Lipinski definition) is 1. The summed E-state index contributed by atoms with van der Waals surface area (Å²) in [6.07, 6.45) is 0. The first-order chi connectivity index (χ1) is 1.41. The molecule has 5 heavy (non-hydrogen) atoms. The van der Waals surface area contributed by atoms with Crippen LogP contribution in [-0.4, -0.2) is 34.6 Å². The minimum atomic E-state index is 0. The van der Waals surface area contributed by atoms with Gasteiger partial charge in [0.2, 0.25) is 0 Å². The monoisotopic (exact) mass is 93.0 g/mol. The Balaban J connectivity index is -0.0000000200. The van der Waals surface area contributed by atoms with Crippen molar-refractivity contribution >= 4 is 17.4 Å². The fourth-order valence-corrected chi connectivity index (χ4v) is 0. The molecule has 0 aromatic heterocycles. The minimum Gasteiger partial charge on any atom is -0.412 e. The Hall–Kier alpha value is 0.452. The first kappa shape index (κ1) is 18.0. The molecule has 0 unspecified atom stereocenters. The van der Waals surface area contributed by atoms with Crippen molar-refractivity contribution in [2.75, 3.05) is 6.61 Å². The van der Waals surface area contributed by atoms with E-state index in [9.17, 15) is 0 Å². The molecule has 1 radical (unpaired) electrons. The summed E-state index contributed by atoms with van der Waals surface area (Å²) in [4.78, 5) is 0. The number of aliphatic hydroxyl groups excluding tert-OH is 1. The van der Waals surface area contributed by atoms with Gasteiger partial charge in [-0.25, -0.2) is 0 Å². The van der Waals surface area contributed by atoms with E-state index in [1.807, 2.05) is 0 Å². The Bertz CT molecular complexity index is 7.61. The van der Waals surface area contributed by atoms with Gasteiger partial charge in [0, 0.05) is 6.61 Å². The first-order valence-electron chi connectivity index (χ1n) is 1.02. The lowest BCUT2D eigenvalue weighted by atomic mass is 10.9. The molecule has 0 aliphatic heterocycles. The first-order valence-corrected chi connectivity index (χ1v) is 1.02. The number of hydrogen-bond acceptors (Lipinski definition) is 1. The highest BCUT2D eigenvalue weighted by Crippen LogP contribution is 1.30. The average Bonchev–Trinajstić information content (AvgIpc) is 0.918. The highest BCUT2D eigenvalue weighted by Gasteiger charge is 1.34. The fourth-order valence-electron chi connectivity index (χ4n) is 0. The predicted octanol–water partition coefficient (Wildman–Crippen LogP) is -1.74. The standard InChI is InChI=1S/C2H6O.Al.H2O.2H/c1-2-3;;;;/h3H,2H2,1H3;;1H2;;. The van der Waals surface area contributed by atoms with Crippen molar-refractivity contribution in [2.45, 2.75) is 6.92 Å². The second kappa shape index (κ2) is 25.2. The minimum absolute atomic E-state index is 0. The summed E-state index contributed by atoms with van der Waals surface area (Å²) in [5, 5.41) is 7.57. The molecule has 0 bridgehead atoms. The third-order valence-corrected chi connectivity index (χ3v) is 0. The third kappa shape index (κ3) is 131. The maximum atomic E-state index is 7.57. The van der Waals surface area contributed by atoms with Gasteiger partial charge in [-0.05, 0) is 6.92 Å². The molecule has 0 heterocycles. The Labute approximate surface area is 42.3 Å². The van der Waals surface area contributed by atoms with Crippen molar-refractivity contribution < 1.29 is 10.6 Å². The van der Waals surface area contributed by atoms with Crippen LogP contribution in [0.3, 0.4) is 0 Å². The van der Waals surface area contributed by atoms with Crippen molar-refractivity contribution in [1.29, 1.82) is 0 Å². The summed E-state index contributed by atoms with van der Waals surface area (Å²) in [5.41, 5.74) is 0. The molecule has 0 aliphatic rings. The largest absolute Gasteiger partial charge is 0.412 e. The Morgan fingerprint density at radius 3 is 1.60 bits per heavy atom. The molecule has 0 atom stereocenters. The van der Waals surface area contributed by atoms with Crippen molar-refractivity contribution in [3.63, 3.8) is 0 Å². The molecular weight excluding hydrogens is 83.0 g/mol. The van der Waals surface area contributed by atoms with Crippen LogP contribution in [0.5, 0.6) is 0 Å². The molecule has 33 valence electrons. The van der Waals surface area contributed by atoms with E-state index in [0.717, 1.165) is 0 Å². The molecule has 0 aromatic rings. The van der Waals surface area contributed by atoms with Gasteiger partial charge in [-0.15, -0.1) is 0 Å². The van der Waals surface area contributed by atoms with Gasteiger partial charge in [0.05, 0.1) is 0 Å². The Morgan fingerprint density at radius 1 is 1.60 bits per heavy atom. The summed E-state index contributed by atoms with van der Waals surface area (Å²) in [7, 11) is 0. The SMILES string of the molecule is CCO.O.[AlH2]. The van der Waals surface area contributed by atoms with E-state index in [1.54, 1.807) is 6.92 Å². The molecule has 0 aromatic carbocycles. The molecule has 0 rings (SSSR count). The molecule has 0 spiro atoms. The lowest BCUT2D eigenvalue weighted by Gasteiger charge is -1.52. The van der Waals surface area contributed by atoms with Crippen molar-refractivity contribution in [3.8, 4) is 0 Å². The van der Waals surface area contributed by atoms with Gasteiger partial charge in [0.1, 0.15) is 17.4 Å². The van der Waals surface area contributed by atoms with Crippen LogP contribution in [0.4, 0.5) is 0 Å². The molecule has 0 aliphatic carbocycles. The maximum Gasteiger partial charge on any atom is 0.146 e. The van der Waals surface area contributed by atoms with E-state index in [0.29, 0.717) is 0 Å². The van der Waals surface area contributed by atoms with Crippen LogP contribution >= 0.6 is 0 Å². The van der Waals surface area contributed by atoms with Gasteiger partial charge < -0.3 is 10.6 Å². The van der Waals surface area contributed by atoms with Gasteiger partial charge in [0.15, 0.2) is 0 Å². The summed E-state index contributed by atoms with van der Waals surface area (Å²) >= 11 is 0. The topological polar surface area (TPSA) is 51.7 Å². The molecule has 3 N–H and O–H groups in total. The molecule has 2 nitrogen and oxygen atoms in total. The summed E-state index contributed by atoms with van der Waals surface area (Å²) in [6, 6.07) is 0. The number of aliphatic hydroxyl groups is 1. The van der Waals surface area contributed by atoms with E-state index in [4.69, 9.17) is 5.11 Å². The van der Waals surface area contributed by atoms with Crippen molar-refractivity contribution in [1.82, 2.24) is 0 Å².